The molecular formula is C13H20Cl2N4OS2. The molecule has 2 aromatic rings. The molecule has 1 atom stereocenters. The summed E-state index contributed by atoms with van der Waals surface area (Å²) >= 11 is 3.09. The standard InChI is InChI=1S/C13H18N4OS2.2ClH/c1-17(2)13-16-12-10(20-13)6-9(19-12)11(18)15-7-8-4-3-5-14-8;;/h6,8,14H,3-5,7H2,1-2H3,(H,15,18);2*1H. The smallest absolute Gasteiger partial charge is 0.261 e. The Balaban J connectivity index is 0.00000121. The van der Waals surface area contributed by atoms with E-state index < -0.39 is 0 Å². The second-order valence-electron chi connectivity index (χ2n) is 5.17. The van der Waals surface area contributed by atoms with Gasteiger partial charge in [-0.2, -0.15) is 0 Å². The maximum atomic E-state index is 12.1. The van der Waals surface area contributed by atoms with Gasteiger partial charge in [0.2, 0.25) is 0 Å². The van der Waals surface area contributed by atoms with E-state index in [9.17, 15) is 4.79 Å². The molecule has 1 amide bonds. The summed E-state index contributed by atoms with van der Waals surface area (Å²) in [4.78, 5) is 20.3. The Morgan fingerprint density at radius 2 is 2.23 bits per heavy atom. The van der Waals surface area contributed by atoms with Gasteiger partial charge in [-0.15, -0.1) is 36.2 Å². The highest BCUT2D eigenvalue weighted by Gasteiger charge is 2.17. The van der Waals surface area contributed by atoms with E-state index >= 15 is 0 Å². The fraction of sp³-hybridized carbons (Fsp3) is 0.538. The van der Waals surface area contributed by atoms with E-state index in [-0.39, 0.29) is 30.7 Å². The Kier molecular flexibility index (Phi) is 7.34. The van der Waals surface area contributed by atoms with Crippen LogP contribution in [-0.4, -0.2) is 44.1 Å². The molecule has 0 aromatic carbocycles. The molecule has 1 fully saturated rings. The summed E-state index contributed by atoms with van der Waals surface area (Å²) in [7, 11) is 3.95. The lowest BCUT2D eigenvalue weighted by Gasteiger charge is -2.10. The Morgan fingerprint density at radius 3 is 2.82 bits per heavy atom. The number of carbonyl (C=O) groups is 1. The topological polar surface area (TPSA) is 57.3 Å². The molecule has 0 bridgehead atoms. The number of hydrogen-bond acceptors (Lipinski definition) is 6. The average Bonchev–Trinajstić information content (AvgIpc) is 3.10. The Bertz CT molecular complexity index is 591. The van der Waals surface area contributed by atoms with Crippen LogP contribution in [-0.2, 0) is 0 Å². The second-order valence-corrected chi connectivity index (χ2v) is 7.21. The van der Waals surface area contributed by atoms with Gasteiger partial charge in [-0.3, -0.25) is 4.79 Å². The molecule has 3 heterocycles. The zero-order valence-electron chi connectivity index (χ0n) is 12.4. The molecule has 0 radical (unpaired) electrons. The van der Waals surface area contributed by atoms with Crippen LogP contribution < -0.4 is 15.5 Å². The highest BCUT2D eigenvalue weighted by atomic mass is 35.5. The van der Waals surface area contributed by atoms with Crippen molar-refractivity contribution in [2.45, 2.75) is 18.9 Å². The van der Waals surface area contributed by atoms with Crippen LogP contribution in [0.2, 0.25) is 0 Å². The third-order valence-electron chi connectivity index (χ3n) is 3.36. The van der Waals surface area contributed by atoms with Crippen molar-refractivity contribution in [3.63, 3.8) is 0 Å². The summed E-state index contributed by atoms with van der Waals surface area (Å²) in [6.45, 7) is 1.77. The van der Waals surface area contributed by atoms with Crippen molar-refractivity contribution < 1.29 is 4.79 Å². The molecule has 1 aliphatic heterocycles. The average molecular weight is 383 g/mol. The first kappa shape index (κ1) is 19.4. The zero-order valence-corrected chi connectivity index (χ0v) is 15.7. The number of thiophene rings is 1. The molecule has 22 heavy (non-hydrogen) atoms. The number of nitrogens with zero attached hydrogens (tertiary/aromatic N) is 2. The van der Waals surface area contributed by atoms with Gasteiger partial charge in [0.15, 0.2) is 5.13 Å². The molecule has 3 rings (SSSR count). The number of hydrogen-bond donors (Lipinski definition) is 2. The van der Waals surface area contributed by atoms with Gasteiger partial charge in [0.05, 0.1) is 9.58 Å². The summed E-state index contributed by atoms with van der Waals surface area (Å²) in [6, 6.07) is 2.38. The van der Waals surface area contributed by atoms with Crippen molar-refractivity contribution in [3.8, 4) is 0 Å². The normalized spacial score (nSPS) is 16.9. The van der Waals surface area contributed by atoms with Gasteiger partial charge >= 0.3 is 0 Å². The zero-order chi connectivity index (χ0) is 14.1. The molecular weight excluding hydrogens is 363 g/mol. The molecule has 1 saturated heterocycles. The van der Waals surface area contributed by atoms with Crippen molar-refractivity contribution in [2.24, 2.45) is 0 Å². The number of rotatable bonds is 4. The van der Waals surface area contributed by atoms with E-state index in [1.165, 1.54) is 17.8 Å². The van der Waals surface area contributed by atoms with Crippen molar-refractivity contribution in [3.05, 3.63) is 10.9 Å². The quantitative estimate of drug-likeness (QED) is 0.853. The van der Waals surface area contributed by atoms with E-state index in [0.717, 1.165) is 32.5 Å². The number of halogens is 2. The van der Waals surface area contributed by atoms with Gasteiger partial charge in [-0.05, 0) is 25.5 Å². The van der Waals surface area contributed by atoms with E-state index in [1.807, 2.05) is 25.1 Å². The lowest BCUT2D eigenvalue weighted by Crippen LogP contribution is -2.36. The van der Waals surface area contributed by atoms with Crippen molar-refractivity contribution >= 4 is 68.1 Å². The maximum absolute atomic E-state index is 12.1. The van der Waals surface area contributed by atoms with E-state index in [4.69, 9.17) is 0 Å². The van der Waals surface area contributed by atoms with Crippen LogP contribution in [0.15, 0.2) is 6.07 Å². The Labute approximate surface area is 150 Å². The fourth-order valence-corrected chi connectivity index (χ4v) is 4.31. The van der Waals surface area contributed by atoms with Crippen LogP contribution in [0.4, 0.5) is 5.13 Å². The molecule has 2 N–H and O–H groups in total. The first-order chi connectivity index (χ1) is 9.63. The van der Waals surface area contributed by atoms with Crippen molar-refractivity contribution in [2.75, 3.05) is 32.1 Å². The Hall–Kier alpha value is -0.600. The lowest BCUT2D eigenvalue weighted by molar-refractivity contribution is 0.0954. The minimum atomic E-state index is 0. The molecule has 5 nitrogen and oxygen atoms in total. The predicted molar refractivity (Wildman–Crippen MR) is 99.7 cm³/mol. The van der Waals surface area contributed by atoms with Crippen LogP contribution in [0.1, 0.15) is 22.5 Å². The highest BCUT2D eigenvalue weighted by molar-refractivity contribution is 7.29. The molecule has 0 aliphatic carbocycles. The molecule has 2 aromatic heterocycles. The van der Waals surface area contributed by atoms with E-state index in [0.29, 0.717) is 12.6 Å². The van der Waals surface area contributed by atoms with Crippen LogP contribution in [0, 0.1) is 0 Å². The summed E-state index contributed by atoms with van der Waals surface area (Å²) in [5.74, 6) is 0.0142. The third kappa shape index (κ3) is 4.23. The maximum Gasteiger partial charge on any atom is 0.261 e. The van der Waals surface area contributed by atoms with Crippen LogP contribution in [0.5, 0.6) is 0 Å². The van der Waals surface area contributed by atoms with Gasteiger partial charge in [0.1, 0.15) is 4.83 Å². The molecule has 1 aliphatic rings. The largest absolute Gasteiger partial charge is 0.354 e. The first-order valence-corrected chi connectivity index (χ1v) is 8.36. The van der Waals surface area contributed by atoms with Crippen molar-refractivity contribution in [1.82, 2.24) is 15.6 Å². The molecule has 124 valence electrons. The summed E-state index contributed by atoms with van der Waals surface area (Å²) in [5, 5.41) is 7.36. The number of amides is 1. The predicted octanol–water partition coefficient (Wildman–Crippen LogP) is 2.75. The Morgan fingerprint density at radius 1 is 1.45 bits per heavy atom. The minimum Gasteiger partial charge on any atom is -0.354 e. The number of anilines is 1. The summed E-state index contributed by atoms with van der Waals surface area (Å²) in [6.07, 6.45) is 2.35. The first-order valence-electron chi connectivity index (χ1n) is 6.73. The van der Waals surface area contributed by atoms with Crippen LogP contribution >= 0.6 is 47.5 Å². The SMILES string of the molecule is CN(C)c1nc2sc(C(=O)NCC3CCCN3)cc2s1.Cl.Cl. The van der Waals surface area contributed by atoms with E-state index in [1.54, 1.807) is 11.3 Å². The summed E-state index contributed by atoms with van der Waals surface area (Å²) in [5.41, 5.74) is 0. The van der Waals surface area contributed by atoms with E-state index in [2.05, 4.69) is 15.6 Å². The van der Waals surface area contributed by atoms with Crippen LogP contribution in [0.25, 0.3) is 9.53 Å². The number of fused-ring (bicyclic) bond motifs is 1. The highest BCUT2D eigenvalue weighted by Crippen LogP contribution is 2.33. The molecule has 0 spiro atoms. The number of nitrogens with one attached hydrogen (secondary N) is 2. The monoisotopic (exact) mass is 382 g/mol. The summed E-state index contributed by atoms with van der Waals surface area (Å²) < 4.78 is 1.09. The third-order valence-corrected chi connectivity index (χ3v) is 5.68. The molecule has 1 unspecified atom stereocenters. The minimum absolute atomic E-state index is 0. The van der Waals surface area contributed by atoms with Gasteiger partial charge in [0.25, 0.3) is 5.91 Å². The number of thiazole rings is 1. The van der Waals surface area contributed by atoms with Gasteiger partial charge in [-0.1, -0.05) is 11.3 Å². The number of carbonyl (C=O) groups excluding carboxylic acids is 1. The second kappa shape index (κ2) is 8.31. The van der Waals surface area contributed by atoms with Crippen LogP contribution in [0.3, 0.4) is 0 Å². The number of aromatic nitrogens is 1. The fourth-order valence-electron chi connectivity index (χ4n) is 2.26. The van der Waals surface area contributed by atoms with Gasteiger partial charge in [0, 0.05) is 26.7 Å². The molecule has 9 heteroatoms. The van der Waals surface area contributed by atoms with Crippen molar-refractivity contribution in [1.29, 1.82) is 0 Å². The molecule has 0 saturated carbocycles. The lowest BCUT2D eigenvalue weighted by atomic mass is 10.2. The van der Waals surface area contributed by atoms with Gasteiger partial charge < -0.3 is 15.5 Å². The van der Waals surface area contributed by atoms with Gasteiger partial charge in [-0.25, -0.2) is 4.98 Å².